The number of carboxylic acids is 1. The van der Waals surface area contributed by atoms with Crippen molar-refractivity contribution >= 4 is 11.9 Å². The number of nitrogens with one attached hydrogen (secondary N) is 1. The van der Waals surface area contributed by atoms with Crippen molar-refractivity contribution in [2.24, 2.45) is 0 Å². The van der Waals surface area contributed by atoms with Gasteiger partial charge in [0.2, 0.25) is 5.91 Å². The molecular weight excluding hydrogens is 242 g/mol. The van der Waals surface area contributed by atoms with E-state index in [0.29, 0.717) is 0 Å². The Bertz CT molecular complexity index is 238. The summed E-state index contributed by atoms with van der Waals surface area (Å²) in [4.78, 5) is 21.6. The zero-order chi connectivity index (χ0) is 14.5. The molecule has 1 atom stereocenters. The smallest absolute Gasteiger partial charge is 0.305 e. The van der Waals surface area contributed by atoms with Gasteiger partial charge in [-0.3, -0.25) is 9.59 Å². The summed E-state index contributed by atoms with van der Waals surface area (Å²) in [7, 11) is 0. The average Bonchev–Trinajstić information content (AvgIpc) is 2.30. The molecule has 0 aromatic heterocycles. The lowest BCUT2D eigenvalue weighted by Crippen LogP contribution is -2.34. The second kappa shape index (κ2) is 12.0. The highest BCUT2D eigenvalue weighted by atomic mass is 16.4. The second-order valence-electron chi connectivity index (χ2n) is 5.26. The predicted octanol–water partition coefficient (Wildman–Crippen LogP) is 3.50. The Morgan fingerprint density at radius 1 is 1.00 bits per heavy atom. The van der Waals surface area contributed by atoms with Crippen LogP contribution in [0.15, 0.2) is 0 Å². The third-order valence-electron chi connectivity index (χ3n) is 3.23. The zero-order valence-corrected chi connectivity index (χ0v) is 12.4. The molecule has 0 saturated carbocycles. The quantitative estimate of drug-likeness (QED) is 0.534. The molecule has 0 radical (unpaired) electrons. The number of carbonyl (C=O) groups excluding carboxylic acids is 1. The minimum absolute atomic E-state index is 0.0239. The number of aliphatic carboxylic acids is 1. The summed E-state index contributed by atoms with van der Waals surface area (Å²) in [6, 6.07) is -0.213. The maximum Gasteiger partial charge on any atom is 0.305 e. The summed E-state index contributed by atoms with van der Waals surface area (Å²) in [6.45, 7) is 3.65. The van der Waals surface area contributed by atoms with Crippen molar-refractivity contribution in [3.8, 4) is 0 Å². The zero-order valence-electron chi connectivity index (χ0n) is 12.4. The van der Waals surface area contributed by atoms with E-state index < -0.39 is 5.97 Å². The van der Waals surface area contributed by atoms with E-state index in [2.05, 4.69) is 12.2 Å². The first-order valence-corrected chi connectivity index (χ1v) is 7.55. The van der Waals surface area contributed by atoms with Crippen LogP contribution < -0.4 is 5.32 Å². The van der Waals surface area contributed by atoms with Gasteiger partial charge in [0.25, 0.3) is 0 Å². The Morgan fingerprint density at radius 3 is 2.00 bits per heavy atom. The summed E-state index contributed by atoms with van der Waals surface area (Å²) >= 11 is 0. The lowest BCUT2D eigenvalue weighted by Gasteiger charge is -2.15. The fourth-order valence-electron chi connectivity index (χ4n) is 2.25. The SMILES string of the molecule is CCCCCCCCCC[C@@H](CC(=O)O)NC(C)=O. The number of hydrogen-bond acceptors (Lipinski definition) is 2. The molecule has 0 rings (SSSR count). The largest absolute Gasteiger partial charge is 0.481 e. The average molecular weight is 271 g/mol. The second-order valence-corrected chi connectivity index (χ2v) is 5.26. The van der Waals surface area contributed by atoms with Crippen molar-refractivity contribution in [1.82, 2.24) is 5.32 Å². The molecule has 1 amide bonds. The van der Waals surface area contributed by atoms with Gasteiger partial charge in [0.15, 0.2) is 0 Å². The van der Waals surface area contributed by atoms with Crippen molar-refractivity contribution in [2.75, 3.05) is 0 Å². The van der Waals surface area contributed by atoms with Crippen LogP contribution in [-0.2, 0) is 9.59 Å². The molecule has 0 unspecified atom stereocenters. The first kappa shape index (κ1) is 17.9. The molecule has 0 aromatic carbocycles. The van der Waals surface area contributed by atoms with Crippen LogP contribution in [0.25, 0.3) is 0 Å². The monoisotopic (exact) mass is 271 g/mol. The highest BCUT2D eigenvalue weighted by Gasteiger charge is 2.13. The molecule has 0 spiro atoms. The van der Waals surface area contributed by atoms with E-state index in [0.717, 1.165) is 19.3 Å². The van der Waals surface area contributed by atoms with E-state index in [9.17, 15) is 9.59 Å². The normalized spacial score (nSPS) is 12.1. The maximum atomic E-state index is 11.0. The minimum atomic E-state index is -0.849. The maximum absolute atomic E-state index is 11.0. The Hall–Kier alpha value is -1.06. The molecule has 112 valence electrons. The number of rotatable bonds is 12. The fraction of sp³-hybridized carbons (Fsp3) is 0.867. The molecule has 0 aliphatic heterocycles. The standard InChI is InChI=1S/C15H29NO3/c1-3-4-5-6-7-8-9-10-11-14(12-15(18)19)16-13(2)17/h14H,3-12H2,1-2H3,(H,16,17)(H,18,19)/t14-/m0/s1. The topological polar surface area (TPSA) is 66.4 Å². The highest BCUT2D eigenvalue weighted by Crippen LogP contribution is 2.11. The van der Waals surface area contributed by atoms with Crippen LogP contribution in [0.4, 0.5) is 0 Å². The predicted molar refractivity (Wildman–Crippen MR) is 77.1 cm³/mol. The third kappa shape index (κ3) is 13.2. The molecule has 2 N–H and O–H groups in total. The van der Waals surface area contributed by atoms with Crippen molar-refractivity contribution in [2.45, 2.75) is 84.1 Å². The van der Waals surface area contributed by atoms with E-state index in [1.54, 1.807) is 0 Å². The molecule has 0 aliphatic carbocycles. The van der Waals surface area contributed by atoms with Crippen LogP contribution in [0.1, 0.15) is 78.1 Å². The van der Waals surface area contributed by atoms with Gasteiger partial charge in [-0.05, 0) is 6.42 Å². The van der Waals surface area contributed by atoms with Gasteiger partial charge in [0.05, 0.1) is 6.42 Å². The molecule has 0 bridgehead atoms. The van der Waals surface area contributed by atoms with Crippen LogP contribution in [0.5, 0.6) is 0 Å². The highest BCUT2D eigenvalue weighted by molar-refractivity contribution is 5.74. The number of hydrogen-bond donors (Lipinski definition) is 2. The van der Waals surface area contributed by atoms with E-state index in [1.807, 2.05) is 0 Å². The molecule has 0 heterocycles. The Balaban J connectivity index is 3.57. The van der Waals surface area contributed by atoms with E-state index >= 15 is 0 Å². The van der Waals surface area contributed by atoms with Crippen molar-refractivity contribution < 1.29 is 14.7 Å². The summed E-state index contributed by atoms with van der Waals surface area (Å²) in [5.74, 6) is -0.996. The molecule has 19 heavy (non-hydrogen) atoms. The van der Waals surface area contributed by atoms with Crippen LogP contribution in [0.2, 0.25) is 0 Å². The van der Waals surface area contributed by atoms with E-state index in [-0.39, 0.29) is 18.4 Å². The van der Waals surface area contributed by atoms with Crippen LogP contribution in [0.3, 0.4) is 0 Å². The van der Waals surface area contributed by atoms with Gasteiger partial charge in [-0.2, -0.15) is 0 Å². The summed E-state index contributed by atoms with van der Waals surface area (Å²) in [5.41, 5.74) is 0. The summed E-state index contributed by atoms with van der Waals surface area (Å²) in [5, 5.41) is 11.5. The van der Waals surface area contributed by atoms with Gasteiger partial charge >= 0.3 is 5.97 Å². The van der Waals surface area contributed by atoms with Gasteiger partial charge in [0.1, 0.15) is 0 Å². The minimum Gasteiger partial charge on any atom is -0.481 e. The van der Waals surface area contributed by atoms with Gasteiger partial charge in [-0.25, -0.2) is 0 Å². The van der Waals surface area contributed by atoms with E-state index in [1.165, 1.54) is 45.4 Å². The lowest BCUT2D eigenvalue weighted by atomic mass is 10.0. The van der Waals surface area contributed by atoms with Crippen molar-refractivity contribution in [3.05, 3.63) is 0 Å². The molecule has 0 saturated heterocycles. The van der Waals surface area contributed by atoms with Gasteiger partial charge in [-0.1, -0.05) is 58.3 Å². The van der Waals surface area contributed by atoms with Crippen LogP contribution >= 0.6 is 0 Å². The number of carboxylic acid groups (broad SMARTS) is 1. The number of carbonyl (C=O) groups is 2. The van der Waals surface area contributed by atoms with Gasteiger partial charge in [0, 0.05) is 13.0 Å². The fourth-order valence-corrected chi connectivity index (χ4v) is 2.25. The van der Waals surface area contributed by atoms with Crippen LogP contribution in [-0.4, -0.2) is 23.0 Å². The van der Waals surface area contributed by atoms with E-state index in [4.69, 9.17) is 5.11 Å². The molecule has 4 nitrogen and oxygen atoms in total. The molecule has 0 fully saturated rings. The Labute approximate surface area is 117 Å². The first-order valence-electron chi connectivity index (χ1n) is 7.55. The summed E-state index contributed by atoms with van der Waals surface area (Å²) in [6.07, 6.45) is 10.6. The molecule has 0 aliphatic rings. The van der Waals surface area contributed by atoms with Crippen molar-refractivity contribution in [1.29, 1.82) is 0 Å². The first-order chi connectivity index (χ1) is 9.06. The molecular formula is C15H29NO3. The Kier molecular flexibility index (Phi) is 11.3. The summed E-state index contributed by atoms with van der Waals surface area (Å²) < 4.78 is 0. The molecule has 0 aromatic rings. The van der Waals surface area contributed by atoms with Crippen LogP contribution in [0, 0.1) is 0 Å². The van der Waals surface area contributed by atoms with Gasteiger partial charge < -0.3 is 10.4 Å². The number of amides is 1. The third-order valence-corrected chi connectivity index (χ3v) is 3.23. The molecule has 4 heteroatoms. The van der Waals surface area contributed by atoms with Gasteiger partial charge in [-0.15, -0.1) is 0 Å². The van der Waals surface area contributed by atoms with Crippen molar-refractivity contribution in [3.63, 3.8) is 0 Å². The number of unbranched alkanes of at least 4 members (excludes halogenated alkanes) is 7. The Morgan fingerprint density at radius 2 is 1.53 bits per heavy atom. The lowest BCUT2D eigenvalue weighted by molar-refractivity contribution is -0.137.